The number of nitriles is 1. The molecule has 2 aromatic carbocycles. The molecule has 1 amide bonds. The largest absolute Gasteiger partial charge is 0.488 e. The molecule has 1 N–H and O–H groups in total. The van der Waals surface area contributed by atoms with Crippen molar-refractivity contribution in [3.05, 3.63) is 65.9 Å². The number of ether oxygens (including phenoxy) is 1. The lowest BCUT2D eigenvalue weighted by atomic mass is 9.91. The second kappa shape index (κ2) is 7.35. The molecule has 2 saturated carbocycles. The van der Waals surface area contributed by atoms with Crippen LogP contribution < -0.4 is 10.1 Å². The molecule has 0 radical (unpaired) electrons. The Morgan fingerprint density at radius 3 is 2.55 bits per heavy atom. The molecule has 2 aliphatic carbocycles. The quantitative estimate of drug-likeness (QED) is 0.681. The summed E-state index contributed by atoms with van der Waals surface area (Å²) in [6.07, 6.45) is 3.85. The second-order valence-electron chi connectivity index (χ2n) is 9.16. The summed E-state index contributed by atoms with van der Waals surface area (Å²) in [6.45, 7) is 4.21. The molecule has 2 fully saturated rings. The zero-order valence-electron chi connectivity index (χ0n) is 17.6. The predicted molar refractivity (Wildman–Crippen MR) is 116 cm³/mol. The van der Waals surface area contributed by atoms with E-state index in [2.05, 4.69) is 35.4 Å². The zero-order chi connectivity index (χ0) is 21.6. The van der Waals surface area contributed by atoms with Crippen LogP contribution in [0.25, 0.3) is 10.9 Å². The Morgan fingerprint density at radius 2 is 1.84 bits per heavy atom. The van der Waals surface area contributed by atoms with E-state index < -0.39 is 0 Å². The number of carbonyl (C=O) groups excluding carboxylic acids is 1. The number of fused-ring (bicyclic) bond motifs is 2. The van der Waals surface area contributed by atoms with Gasteiger partial charge in [0.25, 0.3) is 5.91 Å². The molecule has 6 heteroatoms. The van der Waals surface area contributed by atoms with E-state index in [4.69, 9.17) is 10.00 Å². The number of carbonyl (C=O) groups is 1. The van der Waals surface area contributed by atoms with Crippen molar-refractivity contribution in [2.24, 2.45) is 17.8 Å². The van der Waals surface area contributed by atoms with Gasteiger partial charge in [0.2, 0.25) is 0 Å². The van der Waals surface area contributed by atoms with Crippen LogP contribution >= 0.6 is 0 Å². The molecule has 1 aromatic heterocycles. The Kier molecular flexibility index (Phi) is 4.62. The molecule has 0 aliphatic heterocycles. The van der Waals surface area contributed by atoms with Gasteiger partial charge in [0.15, 0.2) is 0 Å². The summed E-state index contributed by atoms with van der Waals surface area (Å²) < 4.78 is 6.31. The fourth-order valence-electron chi connectivity index (χ4n) is 5.36. The van der Waals surface area contributed by atoms with Gasteiger partial charge in [-0.25, -0.2) is 0 Å². The van der Waals surface area contributed by atoms with Gasteiger partial charge in [-0.1, -0.05) is 12.1 Å². The van der Waals surface area contributed by atoms with E-state index in [-0.39, 0.29) is 17.6 Å². The number of aromatic nitrogens is 2. The summed E-state index contributed by atoms with van der Waals surface area (Å²) >= 11 is 0. The van der Waals surface area contributed by atoms with Crippen LogP contribution in [0.5, 0.6) is 5.75 Å². The lowest BCUT2D eigenvalue weighted by Crippen LogP contribution is -2.46. The first-order valence-electron chi connectivity index (χ1n) is 10.7. The molecule has 31 heavy (non-hydrogen) atoms. The summed E-state index contributed by atoms with van der Waals surface area (Å²) in [6, 6.07) is 16.7. The van der Waals surface area contributed by atoms with Crippen molar-refractivity contribution in [3.63, 3.8) is 0 Å². The van der Waals surface area contributed by atoms with Crippen LogP contribution in [-0.2, 0) is 0 Å². The van der Waals surface area contributed by atoms with Crippen LogP contribution in [0.1, 0.15) is 42.6 Å². The standard InChI is InChI=1S/C25H24N4O2/c1-25(2,28-24(30)16-9-7-15(13-26)8-10-16)23-19-11-17(12-20(19)23)31-22-14-27-29-21-6-4-3-5-18(21)22/h3-10,14,17,19-20,23H,11-12H2,1-2H3,(H,28,30)/t17?,19-,20+,23?. The van der Waals surface area contributed by atoms with Crippen LogP contribution in [0.4, 0.5) is 0 Å². The molecule has 1 heterocycles. The maximum Gasteiger partial charge on any atom is 0.251 e. The fourth-order valence-corrected chi connectivity index (χ4v) is 5.36. The molecule has 2 aliphatic rings. The Labute approximate surface area is 181 Å². The average Bonchev–Trinajstić information content (AvgIpc) is 3.32. The number of amides is 1. The highest BCUT2D eigenvalue weighted by molar-refractivity contribution is 5.94. The van der Waals surface area contributed by atoms with Crippen molar-refractivity contribution in [1.82, 2.24) is 15.5 Å². The SMILES string of the molecule is CC(C)(NC(=O)c1ccc(C#N)cc1)C1[C@H]2CC(Oc3cnnc4ccccc34)C[C@@H]12. The minimum absolute atomic E-state index is 0.0957. The Hall–Kier alpha value is -3.46. The number of nitrogens with zero attached hydrogens (tertiary/aromatic N) is 3. The normalized spacial score (nSPS) is 24.3. The van der Waals surface area contributed by atoms with Crippen molar-refractivity contribution >= 4 is 16.8 Å². The van der Waals surface area contributed by atoms with E-state index >= 15 is 0 Å². The first-order valence-corrected chi connectivity index (χ1v) is 10.7. The topological polar surface area (TPSA) is 87.9 Å². The van der Waals surface area contributed by atoms with Crippen molar-refractivity contribution < 1.29 is 9.53 Å². The molecule has 0 saturated heterocycles. The zero-order valence-corrected chi connectivity index (χ0v) is 17.6. The van der Waals surface area contributed by atoms with Crippen molar-refractivity contribution in [1.29, 1.82) is 5.26 Å². The summed E-state index contributed by atoms with van der Waals surface area (Å²) in [4.78, 5) is 12.7. The maximum absolute atomic E-state index is 12.7. The van der Waals surface area contributed by atoms with Crippen LogP contribution in [-0.4, -0.2) is 27.7 Å². The molecule has 2 unspecified atom stereocenters. The molecule has 0 spiro atoms. The molecule has 4 atom stereocenters. The van der Waals surface area contributed by atoms with Gasteiger partial charge in [-0.3, -0.25) is 4.79 Å². The highest BCUT2D eigenvalue weighted by Crippen LogP contribution is 2.62. The molecule has 6 nitrogen and oxygen atoms in total. The smallest absolute Gasteiger partial charge is 0.251 e. The molecular formula is C25H24N4O2. The summed E-state index contributed by atoms with van der Waals surface area (Å²) in [5, 5.41) is 21.4. The Balaban J connectivity index is 1.21. The molecular weight excluding hydrogens is 388 g/mol. The number of hydrogen-bond acceptors (Lipinski definition) is 5. The van der Waals surface area contributed by atoms with E-state index in [1.165, 1.54) is 0 Å². The van der Waals surface area contributed by atoms with Gasteiger partial charge in [0, 0.05) is 16.5 Å². The summed E-state index contributed by atoms with van der Waals surface area (Å²) in [5.74, 6) is 2.26. The third-order valence-corrected chi connectivity index (χ3v) is 6.75. The fraction of sp³-hybridized carbons (Fsp3) is 0.360. The Bertz CT molecular complexity index is 1160. The van der Waals surface area contributed by atoms with Crippen molar-refractivity contribution in [2.75, 3.05) is 0 Å². The minimum atomic E-state index is -0.295. The van der Waals surface area contributed by atoms with Gasteiger partial charge >= 0.3 is 0 Å². The van der Waals surface area contributed by atoms with E-state index in [0.717, 1.165) is 29.5 Å². The number of rotatable bonds is 5. The first kappa shape index (κ1) is 19.5. The van der Waals surface area contributed by atoms with Gasteiger partial charge in [-0.15, -0.1) is 0 Å². The van der Waals surface area contributed by atoms with E-state index in [1.807, 2.05) is 24.3 Å². The first-order chi connectivity index (χ1) is 15.0. The lowest BCUT2D eigenvalue weighted by molar-refractivity contribution is 0.0889. The minimum Gasteiger partial charge on any atom is -0.488 e. The Morgan fingerprint density at radius 1 is 1.13 bits per heavy atom. The van der Waals surface area contributed by atoms with Crippen molar-refractivity contribution in [3.8, 4) is 11.8 Å². The number of benzene rings is 2. The highest BCUT2D eigenvalue weighted by Gasteiger charge is 2.62. The van der Waals surface area contributed by atoms with Gasteiger partial charge in [-0.05, 0) is 80.8 Å². The van der Waals surface area contributed by atoms with Crippen LogP contribution in [0.3, 0.4) is 0 Å². The lowest BCUT2D eigenvalue weighted by Gasteiger charge is -2.30. The van der Waals surface area contributed by atoms with Gasteiger partial charge in [-0.2, -0.15) is 15.5 Å². The molecule has 156 valence electrons. The number of hydrogen-bond donors (Lipinski definition) is 1. The van der Waals surface area contributed by atoms with Crippen LogP contribution in [0.15, 0.2) is 54.7 Å². The van der Waals surface area contributed by atoms with Gasteiger partial charge in [0.1, 0.15) is 5.75 Å². The van der Waals surface area contributed by atoms with Gasteiger partial charge in [0.05, 0.1) is 29.5 Å². The third-order valence-electron chi connectivity index (χ3n) is 6.75. The number of nitrogens with one attached hydrogen (secondary N) is 1. The maximum atomic E-state index is 12.7. The average molecular weight is 412 g/mol. The van der Waals surface area contributed by atoms with Crippen molar-refractivity contribution in [2.45, 2.75) is 38.3 Å². The van der Waals surface area contributed by atoms with E-state index in [1.54, 1.807) is 30.5 Å². The summed E-state index contributed by atoms with van der Waals surface area (Å²) in [7, 11) is 0. The van der Waals surface area contributed by atoms with Crippen LogP contribution in [0.2, 0.25) is 0 Å². The summed E-state index contributed by atoms with van der Waals surface area (Å²) in [5.41, 5.74) is 1.68. The second-order valence-corrected chi connectivity index (χ2v) is 9.16. The van der Waals surface area contributed by atoms with Crippen LogP contribution in [0, 0.1) is 29.1 Å². The molecule has 0 bridgehead atoms. The monoisotopic (exact) mass is 412 g/mol. The van der Waals surface area contributed by atoms with Gasteiger partial charge < -0.3 is 10.1 Å². The van der Waals surface area contributed by atoms with E-state index in [0.29, 0.717) is 28.9 Å². The molecule has 5 rings (SSSR count). The predicted octanol–water partition coefficient (Wildman–Crippen LogP) is 4.11. The third kappa shape index (κ3) is 3.61. The highest BCUT2D eigenvalue weighted by atomic mass is 16.5. The van der Waals surface area contributed by atoms with E-state index in [9.17, 15) is 4.79 Å². The molecule has 3 aromatic rings.